The number of para-hydroxylation sites is 1. The SMILES string of the molecule is CCC(=O)c1ccc2cccc(Cl)c2n1. The molecule has 0 atom stereocenters. The lowest BCUT2D eigenvalue weighted by molar-refractivity contribution is 0.0984. The molecule has 2 aromatic rings. The first-order valence-electron chi connectivity index (χ1n) is 4.81. The Balaban J connectivity index is 2.64. The van der Waals surface area contributed by atoms with Crippen molar-refractivity contribution in [2.45, 2.75) is 13.3 Å². The fourth-order valence-corrected chi connectivity index (χ4v) is 1.67. The van der Waals surface area contributed by atoms with Gasteiger partial charge in [0.25, 0.3) is 0 Å². The van der Waals surface area contributed by atoms with Crippen molar-refractivity contribution in [2.24, 2.45) is 0 Å². The van der Waals surface area contributed by atoms with E-state index in [1.165, 1.54) is 0 Å². The Morgan fingerprint density at radius 3 is 2.87 bits per heavy atom. The second kappa shape index (κ2) is 3.99. The summed E-state index contributed by atoms with van der Waals surface area (Å²) in [5, 5.41) is 1.54. The molecule has 2 nitrogen and oxygen atoms in total. The molecule has 0 radical (unpaired) electrons. The minimum Gasteiger partial charge on any atom is -0.292 e. The van der Waals surface area contributed by atoms with Crippen LogP contribution in [0.15, 0.2) is 30.3 Å². The Kier molecular flexibility index (Phi) is 2.69. The number of halogens is 1. The largest absolute Gasteiger partial charge is 0.292 e. The van der Waals surface area contributed by atoms with E-state index in [-0.39, 0.29) is 5.78 Å². The molecule has 0 bridgehead atoms. The van der Waals surface area contributed by atoms with E-state index in [1.807, 2.05) is 25.1 Å². The Hall–Kier alpha value is -1.41. The van der Waals surface area contributed by atoms with Gasteiger partial charge in [-0.25, -0.2) is 4.98 Å². The summed E-state index contributed by atoms with van der Waals surface area (Å²) >= 11 is 6.00. The van der Waals surface area contributed by atoms with E-state index in [1.54, 1.807) is 12.1 Å². The Labute approximate surface area is 92.9 Å². The van der Waals surface area contributed by atoms with Crippen molar-refractivity contribution in [3.05, 3.63) is 41.0 Å². The third kappa shape index (κ3) is 1.85. The summed E-state index contributed by atoms with van der Waals surface area (Å²) in [6.45, 7) is 1.82. The summed E-state index contributed by atoms with van der Waals surface area (Å²) in [5.74, 6) is 0.0387. The maximum atomic E-state index is 11.5. The van der Waals surface area contributed by atoms with Crippen LogP contribution in [0.2, 0.25) is 5.02 Å². The molecule has 0 saturated heterocycles. The third-order valence-corrected chi connectivity index (χ3v) is 2.58. The van der Waals surface area contributed by atoms with Crippen LogP contribution < -0.4 is 0 Å². The highest BCUT2D eigenvalue weighted by Gasteiger charge is 2.07. The summed E-state index contributed by atoms with van der Waals surface area (Å²) in [6.07, 6.45) is 0.461. The molecule has 0 spiro atoms. The van der Waals surface area contributed by atoms with Gasteiger partial charge in [-0.1, -0.05) is 36.7 Å². The first-order chi connectivity index (χ1) is 7.22. The molecule has 0 amide bonds. The van der Waals surface area contributed by atoms with Gasteiger partial charge in [-0.3, -0.25) is 4.79 Å². The van der Waals surface area contributed by atoms with E-state index in [4.69, 9.17) is 11.6 Å². The van der Waals surface area contributed by atoms with Gasteiger partial charge in [0.1, 0.15) is 5.69 Å². The van der Waals surface area contributed by atoms with E-state index < -0.39 is 0 Å². The number of aromatic nitrogens is 1. The number of nitrogens with zero attached hydrogens (tertiary/aromatic N) is 1. The van der Waals surface area contributed by atoms with Gasteiger partial charge in [0.2, 0.25) is 0 Å². The second-order valence-electron chi connectivity index (χ2n) is 3.28. The zero-order valence-corrected chi connectivity index (χ0v) is 9.08. The molecule has 15 heavy (non-hydrogen) atoms. The van der Waals surface area contributed by atoms with Crippen molar-refractivity contribution in [3.63, 3.8) is 0 Å². The van der Waals surface area contributed by atoms with Gasteiger partial charge < -0.3 is 0 Å². The minimum atomic E-state index is 0.0387. The number of hydrogen-bond donors (Lipinski definition) is 0. The molecule has 3 heteroatoms. The lowest BCUT2D eigenvalue weighted by Gasteiger charge is -2.02. The lowest BCUT2D eigenvalue weighted by Crippen LogP contribution is -2.00. The molecule has 1 heterocycles. The fraction of sp³-hybridized carbons (Fsp3) is 0.167. The molecule has 2 rings (SSSR count). The first-order valence-corrected chi connectivity index (χ1v) is 5.18. The molecular formula is C12H10ClNO. The predicted octanol–water partition coefficient (Wildman–Crippen LogP) is 3.48. The third-order valence-electron chi connectivity index (χ3n) is 2.28. The number of Topliss-reactive ketones (excluding diaryl/α,β-unsaturated/α-hetero) is 1. The van der Waals surface area contributed by atoms with Crippen molar-refractivity contribution in [1.82, 2.24) is 4.98 Å². The van der Waals surface area contributed by atoms with Crippen LogP contribution in [0.4, 0.5) is 0 Å². The first kappa shape index (κ1) is 10.1. The predicted molar refractivity (Wildman–Crippen MR) is 61.4 cm³/mol. The molecule has 0 aliphatic heterocycles. The van der Waals surface area contributed by atoms with Gasteiger partial charge in [0, 0.05) is 11.8 Å². The minimum absolute atomic E-state index is 0.0387. The summed E-state index contributed by atoms with van der Waals surface area (Å²) in [6, 6.07) is 9.18. The quantitative estimate of drug-likeness (QED) is 0.724. The molecule has 0 fully saturated rings. The van der Waals surface area contributed by atoms with Crippen LogP contribution in [-0.4, -0.2) is 10.8 Å². The molecule has 0 aliphatic carbocycles. The van der Waals surface area contributed by atoms with E-state index >= 15 is 0 Å². The molecule has 1 aromatic heterocycles. The highest BCUT2D eigenvalue weighted by Crippen LogP contribution is 2.21. The van der Waals surface area contributed by atoms with Crippen LogP contribution in [-0.2, 0) is 0 Å². The van der Waals surface area contributed by atoms with Crippen LogP contribution in [0.25, 0.3) is 10.9 Å². The molecule has 0 unspecified atom stereocenters. The molecule has 0 N–H and O–H groups in total. The van der Waals surface area contributed by atoms with Gasteiger partial charge in [0.05, 0.1) is 10.5 Å². The number of benzene rings is 1. The van der Waals surface area contributed by atoms with Crippen LogP contribution in [0.3, 0.4) is 0 Å². The van der Waals surface area contributed by atoms with Crippen LogP contribution in [0.5, 0.6) is 0 Å². The molecule has 0 saturated carbocycles. The zero-order chi connectivity index (χ0) is 10.8. The number of carbonyl (C=O) groups excluding carboxylic acids is 1. The number of ketones is 1. The highest BCUT2D eigenvalue weighted by molar-refractivity contribution is 6.35. The van der Waals surface area contributed by atoms with Crippen LogP contribution in [0, 0.1) is 0 Å². The lowest BCUT2D eigenvalue weighted by atomic mass is 10.1. The zero-order valence-electron chi connectivity index (χ0n) is 8.33. The van der Waals surface area contributed by atoms with Crippen LogP contribution in [0.1, 0.15) is 23.8 Å². The van der Waals surface area contributed by atoms with Crippen molar-refractivity contribution < 1.29 is 4.79 Å². The number of rotatable bonds is 2. The molecule has 76 valence electrons. The van der Waals surface area contributed by atoms with Gasteiger partial charge in [-0.15, -0.1) is 0 Å². The van der Waals surface area contributed by atoms with Crippen molar-refractivity contribution >= 4 is 28.3 Å². The average molecular weight is 220 g/mol. The van der Waals surface area contributed by atoms with Crippen molar-refractivity contribution in [1.29, 1.82) is 0 Å². The number of carbonyl (C=O) groups is 1. The molecule has 0 aliphatic rings. The van der Waals surface area contributed by atoms with Gasteiger partial charge in [-0.2, -0.15) is 0 Å². The van der Waals surface area contributed by atoms with E-state index in [9.17, 15) is 4.79 Å². The van der Waals surface area contributed by atoms with Gasteiger partial charge >= 0.3 is 0 Å². The van der Waals surface area contributed by atoms with Gasteiger partial charge in [-0.05, 0) is 12.1 Å². The molecule has 1 aromatic carbocycles. The Morgan fingerprint density at radius 2 is 2.13 bits per heavy atom. The Morgan fingerprint density at radius 1 is 1.33 bits per heavy atom. The summed E-state index contributed by atoms with van der Waals surface area (Å²) in [5.41, 5.74) is 1.18. The van der Waals surface area contributed by atoms with Crippen molar-refractivity contribution in [2.75, 3.05) is 0 Å². The topological polar surface area (TPSA) is 30.0 Å². The molecular weight excluding hydrogens is 210 g/mol. The maximum absolute atomic E-state index is 11.5. The number of pyridine rings is 1. The Bertz CT molecular complexity index is 522. The second-order valence-corrected chi connectivity index (χ2v) is 3.69. The van der Waals surface area contributed by atoms with E-state index in [0.29, 0.717) is 22.7 Å². The summed E-state index contributed by atoms with van der Waals surface area (Å²) < 4.78 is 0. The highest BCUT2D eigenvalue weighted by atomic mass is 35.5. The standard InChI is InChI=1S/C12H10ClNO/c1-2-11(15)10-7-6-8-4-3-5-9(13)12(8)14-10/h3-7H,2H2,1H3. The van der Waals surface area contributed by atoms with Crippen LogP contribution >= 0.6 is 11.6 Å². The maximum Gasteiger partial charge on any atom is 0.180 e. The smallest absolute Gasteiger partial charge is 0.180 e. The summed E-state index contributed by atoms with van der Waals surface area (Å²) in [7, 11) is 0. The average Bonchev–Trinajstić information content (AvgIpc) is 2.28. The number of fused-ring (bicyclic) bond motifs is 1. The normalized spacial score (nSPS) is 10.5. The van der Waals surface area contributed by atoms with E-state index in [2.05, 4.69) is 4.98 Å². The fourth-order valence-electron chi connectivity index (χ4n) is 1.45. The monoisotopic (exact) mass is 219 g/mol. The van der Waals surface area contributed by atoms with Gasteiger partial charge in [0.15, 0.2) is 5.78 Å². The van der Waals surface area contributed by atoms with E-state index in [0.717, 1.165) is 5.39 Å². The van der Waals surface area contributed by atoms with Crippen molar-refractivity contribution in [3.8, 4) is 0 Å². The summed E-state index contributed by atoms with van der Waals surface area (Å²) in [4.78, 5) is 15.7. The number of hydrogen-bond acceptors (Lipinski definition) is 2.